The summed E-state index contributed by atoms with van der Waals surface area (Å²) in [6.07, 6.45) is 11.6. The normalized spacial score (nSPS) is 20.2. The van der Waals surface area contributed by atoms with Crippen molar-refractivity contribution in [1.29, 1.82) is 0 Å². The molecule has 2 aliphatic carbocycles. The molecule has 0 radical (unpaired) electrons. The minimum atomic E-state index is -0.135. The second-order valence-corrected chi connectivity index (χ2v) is 9.55. The van der Waals surface area contributed by atoms with Gasteiger partial charge >= 0.3 is 0 Å². The third-order valence-electron chi connectivity index (χ3n) is 6.99. The van der Waals surface area contributed by atoms with Crippen LogP contribution in [0.2, 0.25) is 0 Å². The lowest BCUT2D eigenvalue weighted by Gasteiger charge is -2.35. The van der Waals surface area contributed by atoms with Gasteiger partial charge in [0, 0.05) is 30.0 Å². The van der Waals surface area contributed by atoms with E-state index in [0.717, 1.165) is 42.4 Å². The first-order chi connectivity index (χ1) is 16.1. The number of imidazole rings is 1. The fraction of sp³-hybridized carbons (Fsp3) is 0.385. The first-order valence-corrected chi connectivity index (χ1v) is 11.8. The lowest BCUT2D eigenvalue weighted by Crippen LogP contribution is -2.37. The highest BCUT2D eigenvalue weighted by molar-refractivity contribution is 6.05. The number of aromatic nitrogens is 5. The molecule has 0 unspecified atom stereocenters. The van der Waals surface area contributed by atoms with E-state index in [-0.39, 0.29) is 24.0 Å². The molecule has 0 spiro atoms. The summed E-state index contributed by atoms with van der Waals surface area (Å²) in [6, 6.07) is 10.6. The molecule has 6 rings (SSSR count). The monoisotopic (exact) mass is 440 g/mol. The SMILES string of the molecule is CC(C)n1ncc2c(C(=O)N[C@H]3c4ccccc4CC[C@H]3n3ccnc3)cc(C3CC3)nc21. The third-order valence-corrected chi connectivity index (χ3v) is 6.99. The summed E-state index contributed by atoms with van der Waals surface area (Å²) >= 11 is 0. The van der Waals surface area contributed by atoms with Gasteiger partial charge in [-0.1, -0.05) is 24.3 Å². The number of carbonyl (C=O) groups excluding carboxylic acids is 1. The van der Waals surface area contributed by atoms with Crippen LogP contribution in [-0.4, -0.2) is 30.2 Å². The molecule has 1 saturated carbocycles. The molecule has 2 aliphatic rings. The van der Waals surface area contributed by atoms with E-state index in [1.54, 1.807) is 12.4 Å². The van der Waals surface area contributed by atoms with Gasteiger partial charge in [-0.3, -0.25) is 4.79 Å². The molecule has 1 amide bonds. The summed E-state index contributed by atoms with van der Waals surface area (Å²) < 4.78 is 4.04. The molecular formula is C26H28N6O. The molecule has 1 aromatic carbocycles. The maximum absolute atomic E-state index is 13.8. The number of fused-ring (bicyclic) bond motifs is 2. The van der Waals surface area contributed by atoms with Crippen molar-refractivity contribution in [2.24, 2.45) is 0 Å². The van der Waals surface area contributed by atoms with E-state index in [4.69, 9.17) is 4.98 Å². The molecule has 1 N–H and O–H groups in total. The number of pyridine rings is 1. The average Bonchev–Trinajstić information content (AvgIpc) is 3.35. The van der Waals surface area contributed by atoms with Crippen molar-refractivity contribution in [3.8, 4) is 0 Å². The minimum absolute atomic E-state index is 0.0700. The number of benzene rings is 1. The van der Waals surface area contributed by atoms with Crippen LogP contribution in [0.25, 0.3) is 11.0 Å². The molecule has 7 heteroatoms. The summed E-state index contributed by atoms with van der Waals surface area (Å²) in [6.45, 7) is 4.18. The Morgan fingerprint density at radius 3 is 2.79 bits per heavy atom. The van der Waals surface area contributed by atoms with E-state index in [1.807, 2.05) is 23.3 Å². The van der Waals surface area contributed by atoms with Gasteiger partial charge in [0.2, 0.25) is 0 Å². The van der Waals surface area contributed by atoms with E-state index in [1.165, 1.54) is 11.1 Å². The van der Waals surface area contributed by atoms with Gasteiger partial charge in [0.15, 0.2) is 5.65 Å². The Morgan fingerprint density at radius 1 is 1.18 bits per heavy atom. The van der Waals surface area contributed by atoms with Crippen molar-refractivity contribution < 1.29 is 4.79 Å². The standard InChI is InChI=1S/C26H28N6O/c1-16(2)32-25-21(14-28-32)20(13-22(29-25)18-7-8-18)26(33)30-24-19-6-4-3-5-17(19)9-10-23(24)31-12-11-27-15-31/h3-6,11-16,18,23-24H,7-10H2,1-2H3,(H,30,33)/t23-,24+/m1/s1. The zero-order valence-electron chi connectivity index (χ0n) is 19.0. The highest BCUT2D eigenvalue weighted by Gasteiger charge is 2.33. The molecule has 4 aromatic rings. The molecule has 0 aliphatic heterocycles. The maximum Gasteiger partial charge on any atom is 0.252 e. The summed E-state index contributed by atoms with van der Waals surface area (Å²) in [5, 5.41) is 8.77. The van der Waals surface area contributed by atoms with Crippen LogP contribution >= 0.6 is 0 Å². The molecule has 0 bridgehead atoms. The molecule has 168 valence electrons. The predicted molar refractivity (Wildman–Crippen MR) is 126 cm³/mol. The Balaban J connectivity index is 1.42. The first-order valence-electron chi connectivity index (χ1n) is 11.8. The highest BCUT2D eigenvalue weighted by Crippen LogP contribution is 2.41. The Kier molecular flexibility index (Phi) is 4.78. The fourth-order valence-corrected chi connectivity index (χ4v) is 5.11. The van der Waals surface area contributed by atoms with Crippen molar-refractivity contribution in [3.05, 3.63) is 77.6 Å². The molecule has 7 nitrogen and oxygen atoms in total. The van der Waals surface area contributed by atoms with Gasteiger partial charge in [-0.2, -0.15) is 5.10 Å². The summed E-state index contributed by atoms with van der Waals surface area (Å²) in [5.41, 5.74) is 4.95. The highest BCUT2D eigenvalue weighted by atomic mass is 16.1. The summed E-state index contributed by atoms with van der Waals surface area (Å²) in [4.78, 5) is 23.0. The number of hydrogen-bond acceptors (Lipinski definition) is 4. The topological polar surface area (TPSA) is 77.6 Å². The lowest BCUT2D eigenvalue weighted by atomic mass is 9.83. The zero-order valence-corrected chi connectivity index (χ0v) is 19.0. The minimum Gasteiger partial charge on any atom is -0.343 e. The van der Waals surface area contributed by atoms with Gasteiger partial charge in [-0.25, -0.2) is 14.6 Å². The molecule has 0 saturated heterocycles. The van der Waals surface area contributed by atoms with Crippen LogP contribution in [0.4, 0.5) is 0 Å². The van der Waals surface area contributed by atoms with Gasteiger partial charge in [0.25, 0.3) is 5.91 Å². The largest absolute Gasteiger partial charge is 0.343 e. The Hall–Kier alpha value is -3.48. The second-order valence-electron chi connectivity index (χ2n) is 9.55. The van der Waals surface area contributed by atoms with Crippen molar-refractivity contribution in [3.63, 3.8) is 0 Å². The van der Waals surface area contributed by atoms with Gasteiger partial charge in [0.05, 0.1) is 35.6 Å². The van der Waals surface area contributed by atoms with E-state index in [0.29, 0.717) is 11.5 Å². The number of aryl methyl sites for hydroxylation is 1. The molecule has 1 fully saturated rings. The van der Waals surface area contributed by atoms with E-state index in [9.17, 15) is 4.79 Å². The quantitative estimate of drug-likeness (QED) is 0.486. The Labute approximate surface area is 192 Å². The summed E-state index contributed by atoms with van der Waals surface area (Å²) in [7, 11) is 0. The van der Waals surface area contributed by atoms with Crippen molar-refractivity contribution in [2.75, 3.05) is 0 Å². The summed E-state index contributed by atoms with van der Waals surface area (Å²) in [5.74, 6) is 0.380. The van der Waals surface area contributed by atoms with Gasteiger partial charge < -0.3 is 9.88 Å². The van der Waals surface area contributed by atoms with E-state index in [2.05, 4.69) is 58.1 Å². The predicted octanol–water partition coefficient (Wildman–Crippen LogP) is 4.74. The third kappa shape index (κ3) is 3.52. The van der Waals surface area contributed by atoms with Crippen LogP contribution in [0.1, 0.15) is 84.3 Å². The van der Waals surface area contributed by atoms with Crippen LogP contribution < -0.4 is 5.32 Å². The number of hydrogen-bond donors (Lipinski definition) is 1. The lowest BCUT2D eigenvalue weighted by molar-refractivity contribution is 0.0919. The van der Waals surface area contributed by atoms with Gasteiger partial charge in [-0.05, 0) is 56.7 Å². The van der Waals surface area contributed by atoms with Gasteiger partial charge in [-0.15, -0.1) is 0 Å². The van der Waals surface area contributed by atoms with Crippen LogP contribution in [0, 0.1) is 0 Å². The number of nitrogens with zero attached hydrogens (tertiary/aromatic N) is 5. The van der Waals surface area contributed by atoms with Crippen LogP contribution in [0.5, 0.6) is 0 Å². The Morgan fingerprint density at radius 2 is 2.03 bits per heavy atom. The average molecular weight is 441 g/mol. The number of rotatable bonds is 5. The van der Waals surface area contributed by atoms with E-state index >= 15 is 0 Å². The van der Waals surface area contributed by atoms with Crippen molar-refractivity contribution >= 4 is 16.9 Å². The van der Waals surface area contributed by atoms with Crippen LogP contribution in [0.3, 0.4) is 0 Å². The molecule has 33 heavy (non-hydrogen) atoms. The maximum atomic E-state index is 13.8. The number of amides is 1. The zero-order chi connectivity index (χ0) is 22.5. The smallest absolute Gasteiger partial charge is 0.252 e. The van der Waals surface area contributed by atoms with Crippen LogP contribution in [-0.2, 0) is 6.42 Å². The second kappa shape index (κ2) is 7.83. The van der Waals surface area contributed by atoms with Crippen LogP contribution in [0.15, 0.2) is 55.2 Å². The fourth-order valence-electron chi connectivity index (χ4n) is 5.11. The molecule has 3 aromatic heterocycles. The molecular weight excluding hydrogens is 412 g/mol. The van der Waals surface area contributed by atoms with Crippen molar-refractivity contribution in [1.82, 2.24) is 29.6 Å². The first kappa shape index (κ1) is 20.1. The van der Waals surface area contributed by atoms with Gasteiger partial charge in [0.1, 0.15) is 0 Å². The van der Waals surface area contributed by atoms with E-state index < -0.39 is 0 Å². The number of carbonyl (C=O) groups is 1. The Bertz CT molecular complexity index is 1320. The number of nitrogens with one attached hydrogen (secondary N) is 1. The molecule has 3 heterocycles. The molecule has 2 atom stereocenters. The van der Waals surface area contributed by atoms with Crippen molar-refractivity contribution in [2.45, 2.75) is 63.6 Å².